The van der Waals surface area contributed by atoms with Crippen LogP contribution in [0.5, 0.6) is 11.5 Å². The quantitative estimate of drug-likeness (QED) is 0.147. The summed E-state index contributed by atoms with van der Waals surface area (Å²) in [5.41, 5.74) is 8.83. The molecule has 2 amide bonds. The van der Waals surface area contributed by atoms with Crippen molar-refractivity contribution >= 4 is 11.8 Å². The van der Waals surface area contributed by atoms with E-state index in [9.17, 15) is 14.7 Å². The number of piperidine rings is 2. The number of hydrogen-bond acceptors (Lipinski definition) is 6. The van der Waals surface area contributed by atoms with E-state index in [0.717, 1.165) is 81.8 Å². The molecule has 2 N–H and O–H groups in total. The second-order valence-electron chi connectivity index (χ2n) is 15.4. The van der Waals surface area contributed by atoms with E-state index in [4.69, 9.17) is 9.47 Å². The number of phenolic OH excluding ortho intramolecular Hbond substituents is 1. The zero-order chi connectivity index (χ0) is 37.0. The molecule has 2 saturated heterocycles. The fraction of sp³-hybridized carbons (Fsp3) is 0.391. The van der Waals surface area contributed by atoms with Crippen molar-refractivity contribution in [2.45, 2.75) is 81.9 Å². The van der Waals surface area contributed by atoms with Gasteiger partial charge in [-0.25, -0.2) is 0 Å². The Balaban J connectivity index is 0.758. The van der Waals surface area contributed by atoms with Gasteiger partial charge in [0.15, 0.2) is 0 Å². The number of phenols is 1. The minimum atomic E-state index is -0.429. The number of fused-ring (bicyclic) bond motifs is 2. The van der Waals surface area contributed by atoms with Crippen molar-refractivity contribution < 1.29 is 24.2 Å². The van der Waals surface area contributed by atoms with Gasteiger partial charge in [-0.2, -0.15) is 0 Å². The Morgan fingerprint density at radius 3 is 2.43 bits per heavy atom. The molecule has 3 atom stereocenters. The molecule has 280 valence electrons. The van der Waals surface area contributed by atoms with Crippen molar-refractivity contribution in [2.75, 3.05) is 32.8 Å². The van der Waals surface area contributed by atoms with Crippen molar-refractivity contribution in [3.8, 4) is 11.5 Å². The molecule has 4 aromatic carbocycles. The van der Waals surface area contributed by atoms with Crippen LogP contribution in [0, 0.1) is 0 Å². The van der Waals surface area contributed by atoms with Crippen LogP contribution in [0.1, 0.15) is 94.1 Å². The summed E-state index contributed by atoms with van der Waals surface area (Å²) in [5.74, 6) is 1.66. The molecule has 0 aromatic heterocycles. The molecule has 3 heterocycles. The Morgan fingerprint density at radius 1 is 0.815 bits per heavy atom. The Bertz CT molecular complexity index is 1970. The Kier molecular flexibility index (Phi) is 10.8. The third-order valence-corrected chi connectivity index (χ3v) is 11.9. The number of likely N-dealkylation sites (tertiary alicyclic amines) is 1. The van der Waals surface area contributed by atoms with E-state index in [2.05, 4.69) is 83.5 Å². The van der Waals surface area contributed by atoms with Crippen LogP contribution in [0.25, 0.3) is 0 Å². The number of nitrogens with one attached hydrogen (secondary N) is 1. The summed E-state index contributed by atoms with van der Waals surface area (Å²) in [5, 5.41) is 13.0. The van der Waals surface area contributed by atoms with Crippen molar-refractivity contribution in [3.05, 3.63) is 142 Å². The van der Waals surface area contributed by atoms with Gasteiger partial charge < -0.3 is 24.8 Å². The summed E-state index contributed by atoms with van der Waals surface area (Å²) in [4.78, 5) is 29.7. The summed E-state index contributed by atoms with van der Waals surface area (Å²) < 4.78 is 12.5. The number of carbonyl (C=O) groups excluding carboxylic acids is 2. The first-order chi connectivity index (χ1) is 26.4. The van der Waals surface area contributed by atoms with Crippen LogP contribution in [-0.2, 0) is 28.9 Å². The lowest BCUT2D eigenvalue weighted by Crippen LogP contribution is -2.49. The first-order valence-electron chi connectivity index (χ1n) is 19.7. The van der Waals surface area contributed by atoms with Crippen LogP contribution in [0.2, 0.25) is 0 Å². The number of carbonyl (C=O) groups is 2. The highest BCUT2D eigenvalue weighted by atomic mass is 16.5. The molecule has 8 nitrogen and oxygen atoms in total. The normalized spacial score (nSPS) is 21.8. The van der Waals surface area contributed by atoms with E-state index in [1.807, 2.05) is 24.3 Å². The molecule has 0 spiro atoms. The minimum absolute atomic E-state index is 0.0539. The number of benzene rings is 4. The second-order valence-corrected chi connectivity index (χ2v) is 15.4. The summed E-state index contributed by atoms with van der Waals surface area (Å²) in [6.07, 6.45) is 7.50. The van der Waals surface area contributed by atoms with Gasteiger partial charge in [0.05, 0.1) is 6.10 Å². The molecule has 4 aromatic rings. The molecular weight excluding hydrogens is 675 g/mol. The Hall–Kier alpha value is -4.92. The van der Waals surface area contributed by atoms with Gasteiger partial charge in [-0.1, -0.05) is 67.2 Å². The van der Waals surface area contributed by atoms with E-state index in [1.165, 1.54) is 27.8 Å². The van der Waals surface area contributed by atoms with Crippen molar-refractivity contribution in [1.82, 2.24) is 15.1 Å². The molecule has 8 heteroatoms. The third-order valence-electron chi connectivity index (χ3n) is 11.9. The number of aryl methyl sites for hydroxylation is 2. The van der Waals surface area contributed by atoms with Crippen molar-refractivity contribution in [2.24, 2.45) is 0 Å². The highest BCUT2D eigenvalue weighted by molar-refractivity contribution is 6.01. The molecule has 8 rings (SSSR count). The zero-order valence-corrected chi connectivity index (χ0v) is 31.1. The number of aromatic hydroxyl groups is 1. The number of hydrogen-bond donors (Lipinski definition) is 2. The van der Waals surface area contributed by atoms with Gasteiger partial charge in [0, 0.05) is 50.0 Å². The first kappa shape index (κ1) is 36.1. The van der Waals surface area contributed by atoms with Gasteiger partial charge >= 0.3 is 0 Å². The van der Waals surface area contributed by atoms with Gasteiger partial charge in [0.1, 0.15) is 24.1 Å². The molecule has 2 fully saturated rings. The molecule has 54 heavy (non-hydrogen) atoms. The number of amides is 2. The summed E-state index contributed by atoms with van der Waals surface area (Å²) in [6.45, 7) is 8.61. The maximum Gasteiger partial charge on any atom is 0.255 e. The highest BCUT2D eigenvalue weighted by Crippen LogP contribution is 2.47. The van der Waals surface area contributed by atoms with Crippen molar-refractivity contribution in [3.63, 3.8) is 0 Å². The zero-order valence-electron chi connectivity index (χ0n) is 31.1. The number of nitrogens with zero attached hydrogens (tertiary/aromatic N) is 2. The van der Waals surface area contributed by atoms with Crippen LogP contribution >= 0.6 is 0 Å². The monoisotopic (exact) mass is 725 g/mol. The molecule has 4 aliphatic rings. The fourth-order valence-electron chi connectivity index (χ4n) is 9.03. The molecule has 3 aliphatic heterocycles. The smallest absolute Gasteiger partial charge is 0.255 e. The van der Waals surface area contributed by atoms with Gasteiger partial charge in [-0.3, -0.25) is 14.5 Å². The first-order valence-corrected chi connectivity index (χ1v) is 19.7. The van der Waals surface area contributed by atoms with E-state index in [-0.39, 0.29) is 23.8 Å². The largest absolute Gasteiger partial charge is 0.508 e. The Labute approximate surface area is 318 Å². The van der Waals surface area contributed by atoms with Crippen LogP contribution < -0.4 is 10.1 Å². The summed E-state index contributed by atoms with van der Waals surface area (Å²) in [6, 6.07) is 31.0. The standard InChI is InChI=1S/C46H51N3O5/c1-31-9-20-43(45(51)47-31)49-30-36-28-32(10-17-42(36)46(49)52)6-5-26-53-39-21-23-48(24-22-39)25-27-54-38-15-11-34(12-16-38)44-40(33-7-3-2-4-8-33)18-13-35-29-37(50)14-19-41(35)44/h2-4,7-8,10-12,14-17,19,28-29,39-40,43-44,50H,1,5-6,9,13,18,20-27,30H2,(H,47,51)/t40-,43?,44+/m1/s1. The van der Waals surface area contributed by atoms with Crippen molar-refractivity contribution in [1.29, 1.82) is 0 Å². The average Bonchev–Trinajstić information content (AvgIpc) is 3.52. The van der Waals surface area contributed by atoms with Crippen LogP contribution in [-0.4, -0.2) is 71.7 Å². The molecule has 1 unspecified atom stereocenters. The number of allylic oxidation sites excluding steroid dienone is 1. The summed E-state index contributed by atoms with van der Waals surface area (Å²) in [7, 11) is 0. The van der Waals surface area contributed by atoms with E-state index >= 15 is 0 Å². The van der Waals surface area contributed by atoms with E-state index < -0.39 is 6.04 Å². The van der Waals surface area contributed by atoms with Gasteiger partial charge in [0.2, 0.25) is 5.91 Å². The van der Waals surface area contributed by atoms with Gasteiger partial charge in [0.25, 0.3) is 5.91 Å². The predicted molar refractivity (Wildman–Crippen MR) is 210 cm³/mol. The van der Waals surface area contributed by atoms with Gasteiger partial charge in [-0.15, -0.1) is 0 Å². The number of ether oxygens (including phenoxy) is 2. The molecule has 0 saturated carbocycles. The maximum absolute atomic E-state index is 13.1. The molecule has 1 aliphatic carbocycles. The minimum Gasteiger partial charge on any atom is -0.508 e. The maximum atomic E-state index is 13.1. The fourth-order valence-corrected chi connectivity index (χ4v) is 9.03. The SMILES string of the molecule is C=C1CCC(N2Cc3cc(CCCOC4CCN(CCOc5ccc([C@@H]6c7ccc(O)cc7CC[C@@H]6c6ccccc6)cc5)CC4)ccc3C2=O)C(=O)N1. The topological polar surface area (TPSA) is 91.3 Å². The van der Waals surface area contributed by atoms with E-state index in [0.29, 0.717) is 43.2 Å². The van der Waals surface area contributed by atoms with Crippen LogP contribution in [0.4, 0.5) is 0 Å². The lowest BCUT2D eigenvalue weighted by molar-refractivity contribution is -0.126. The molecule has 0 bridgehead atoms. The number of rotatable bonds is 12. The highest BCUT2D eigenvalue weighted by Gasteiger charge is 2.38. The molecular formula is C46H51N3O5. The molecule has 0 radical (unpaired) electrons. The lowest BCUT2D eigenvalue weighted by Gasteiger charge is -2.35. The Morgan fingerprint density at radius 2 is 1.63 bits per heavy atom. The predicted octanol–water partition coefficient (Wildman–Crippen LogP) is 7.49. The summed E-state index contributed by atoms with van der Waals surface area (Å²) >= 11 is 0. The van der Waals surface area contributed by atoms with E-state index in [1.54, 1.807) is 4.90 Å². The lowest BCUT2D eigenvalue weighted by atomic mass is 9.69. The third kappa shape index (κ3) is 7.96. The second kappa shape index (κ2) is 16.2. The average molecular weight is 726 g/mol. The van der Waals surface area contributed by atoms with Crippen LogP contribution in [0.3, 0.4) is 0 Å². The van der Waals surface area contributed by atoms with Crippen LogP contribution in [0.15, 0.2) is 103 Å². The van der Waals surface area contributed by atoms with Gasteiger partial charge in [-0.05, 0) is 121 Å².